The Morgan fingerprint density at radius 3 is 1.81 bits per heavy atom. The number of rotatable bonds is 27. The van der Waals surface area contributed by atoms with Crippen LogP contribution in [0.1, 0.15) is 185 Å². The largest absolute Gasteiger partial charge is 0.508 e. The van der Waals surface area contributed by atoms with Crippen LogP contribution in [0.3, 0.4) is 0 Å². The number of carboxylic acid groups (broad SMARTS) is 1. The predicted molar refractivity (Wildman–Crippen MR) is 520 cm³/mol. The average Bonchev–Trinajstić information content (AvgIpc) is 1.51. The van der Waals surface area contributed by atoms with Crippen molar-refractivity contribution in [2.75, 3.05) is 80.1 Å². The topological polar surface area (TPSA) is 571 Å². The first-order valence-corrected chi connectivity index (χ1v) is 51.0. The van der Waals surface area contributed by atoms with Gasteiger partial charge in [0.25, 0.3) is 0 Å². The molecule has 44 heteroatoms. The van der Waals surface area contributed by atoms with Gasteiger partial charge in [0.2, 0.25) is 71.3 Å². The van der Waals surface area contributed by atoms with Crippen LogP contribution in [-0.2, 0) is 59.0 Å². The lowest BCUT2D eigenvalue weighted by Crippen LogP contribution is -2.66. The summed E-state index contributed by atoms with van der Waals surface area (Å²) in [6, 6.07) is 7.41. The molecule has 0 saturated carbocycles. The molecule has 20 N–H and O–H groups in total. The lowest BCUT2D eigenvalue weighted by molar-refractivity contribution is -0.277. The van der Waals surface area contributed by atoms with Crippen LogP contribution in [-0.4, -0.2) is 282 Å². The Bertz CT molecular complexity index is 5860. The molecule has 5 saturated heterocycles. The molecule has 8 amide bonds. The van der Waals surface area contributed by atoms with Gasteiger partial charge < -0.3 is 142 Å². The summed E-state index contributed by atoms with van der Waals surface area (Å²) in [5, 5.41) is 153. The normalized spacial score (nSPS) is 26.5. The monoisotopic (exact) mass is 2050 g/mol. The van der Waals surface area contributed by atoms with Gasteiger partial charge in [0, 0.05) is 87.5 Å². The number of nitrogens with one attached hydrogen (secondary N) is 9. The fourth-order valence-electron chi connectivity index (χ4n) is 19.7. The zero-order chi connectivity index (χ0) is 102. The highest BCUT2D eigenvalue weighted by Crippen LogP contribution is 2.71. The summed E-state index contributed by atoms with van der Waals surface area (Å²) in [6.45, 7) is 7.32. The molecule has 144 heavy (non-hydrogen) atoms. The van der Waals surface area contributed by atoms with Gasteiger partial charge in [-0.1, -0.05) is 106 Å². The van der Waals surface area contributed by atoms with Crippen molar-refractivity contribution in [3.63, 3.8) is 0 Å². The smallest absolute Gasteiger partial charge is 0.417 e. The molecule has 774 valence electrons. The van der Waals surface area contributed by atoms with Crippen molar-refractivity contribution in [1.82, 2.24) is 66.8 Å². The van der Waals surface area contributed by atoms with E-state index < -0.39 is 251 Å². The van der Waals surface area contributed by atoms with Gasteiger partial charge in [-0.3, -0.25) is 42.9 Å². The first kappa shape index (κ1) is 105. The fourth-order valence-corrected chi connectivity index (χ4v) is 24.5. The second-order valence-corrected chi connectivity index (χ2v) is 42.0. The lowest BCUT2D eigenvalue weighted by Gasteiger charge is -2.41. The Kier molecular flexibility index (Phi) is 33.6. The number of aliphatic hydroxyl groups is 7. The number of amides is 8. The third-order valence-corrected chi connectivity index (χ3v) is 31.8. The molecule has 18 rings (SSSR count). The molecule has 17 bridgehead atoms. The molecule has 0 unspecified atom stereocenters. The van der Waals surface area contributed by atoms with Gasteiger partial charge in [-0.15, -0.1) is 14.0 Å². The van der Waals surface area contributed by atoms with E-state index in [2.05, 4.69) is 75.7 Å². The number of nitrogens with zero attached hydrogens (tertiary/aromatic N) is 4. The Morgan fingerprint density at radius 2 is 1.16 bits per heavy atom. The second kappa shape index (κ2) is 46.0. The number of hydrogen-bond acceptors (Lipinski definition) is 32. The molecule has 18 atom stereocenters. The van der Waals surface area contributed by atoms with Gasteiger partial charge >= 0.3 is 13.9 Å². The first-order chi connectivity index (χ1) is 69.1. The van der Waals surface area contributed by atoms with Crippen molar-refractivity contribution in [3.05, 3.63) is 164 Å². The van der Waals surface area contributed by atoms with Crippen LogP contribution < -0.4 is 76.1 Å². The Hall–Kier alpha value is -11.6. The molecule has 0 radical (unpaired) electrons. The summed E-state index contributed by atoms with van der Waals surface area (Å²) in [4.78, 5) is 144. The maximum Gasteiger partial charge on any atom is 0.417 e. The van der Waals surface area contributed by atoms with Crippen molar-refractivity contribution in [3.8, 4) is 80.1 Å². The number of carbonyl (C=O) groups is 9. The van der Waals surface area contributed by atoms with Gasteiger partial charge in [-0.05, 0) is 191 Å². The third kappa shape index (κ3) is 23.1. The molecule has 11 aliphatic heterocycles. The van der Waals surface area contributed by atoms with Crippen molar-refractivity contribution in [1.29, 1.82) is 0 Å². The van der Waals surface area contributed by atoms with E-state index in [1.807, 2.05) is 4.90 Å². The Balaban J connectivity index is 0.930. The van der Waals surface area contributed by atoms with E-state index in [9.17, 15) is 65.8 Å². The van der Waals surface area contributed by atoms with E-state index in [0.29, 0.717) is 76.6 Å². The predicted octanol–water partition coefficient (Wildman–Crippen LogP) is 6.81. The van der Waals surface area contributed by atoms with Gasteiger partial charge in [0.1, 0.15) is 126 Å². The quantitative estimate of drug-likeness (QED) is 0.0186. The van der Waals surface area contributed by atoms with E-state index in [4.69, 9.17) is 60.9 Å². The Morgan fingerprint density at radius 1 is 0.549 bits per heavy atom. The summed E-state index contributed by atoms with van der Waals surface area (Å²) in [5.41, 5.74) is -2.25. The number of halogens is 2. The fraction of sp³-hybridized carbons (Fsp3) is 0.490. The summed E-state index contributed by atoms with van der Waals surface area (Å²) < 4.78 is 60.6. The number of phenolic OH excluding ortho intramolecular Hbond substituents is 3. The molecular weight excluding hydrogens is 1930 g/mol. The average molecular weight is 2060 g/mol. The molecule has 11 heterocycles. The van der Waals surface area contributed by atoms with Gasteiger partial charge in [0.05, 0.1) is 16.7 Å². The molecule has 0 aromatic heterocycles. The third-order valence-electron chi connectivity index (χ3n) is 27.3. The number of fused-ring (bicyclic) bond motifs is 14. The summed E-state index contributed by atoms with van der Waals surface area (Å²) in [7, 11) is 1.82. The molecule has 11 aliphatic rings. The van der Waals surface area contributed by atoms with Crippen LogP contribution >= 0.6 is 31.1 Å². The van der Waals surface area contributed by atoms with Crippen LogP contribution in [0.25, 0.3) is 11.1 Å². The van der Waals surface area contributed by atoms with Crippen molar-refractivity contribution in [2.45, 2.75) is 226 Å². The highest BCUT2D eigenvalue weighted by molar-refractivity contribution is 7.64. The highest BCUT2D eigenvalue weighted by atomic mass is 35.5. The molecule has 0 aliphatic carbocycles. The Labute approximate surface area is 840 Å². The zero-order valence-corrected chi connectivity index (χ0v) is 82.4. The van der Waals surface area contributed by atoms with Crippen LogP contribution in [0.15, 0.2) is 115 Å². The molecule has 7 aromatic rings. The number of benzene rings is 7. The van der Waals surface area contributed by atoms with Gasteiger partial charge in [0.15, 0.2) is 29.1 Å². The summed E-state index contributed by atoms with van der Waals surface area (Å²) in [6.07, 6.45) is -10.9. The maximum atomic E-state index is 17.4. The molecule has 7 aromatic carbocycles. The number of carboxylic acids is 1. The standard InChI is InChI=1S/C100H122Cl2N13O28P/c1-50(2)19-10-8-6-7-9-11-20-73(120)106-82-85(123)87(125)90(98(134)135)142-99(82)141-89-70-43-55-44-71(89)138-66-30-25-54(41-62(66)101)83(121)81-97(133)110-79(92(128)104-31-18-32-112(4)5)60-45-56(117)46-68(139-100-88(126)86(124)84(122)72(49-116)140-100)74(60)59-40-52(23-28-64(59)118)77(94(130)111-81)107-95(131)78(55)108-96(132)80-61-47-58(48-69(75(61)102)143-144(113-33-12-13-34-113,114-35-14-15-36-114)115-37-16-17-38-115)137-67-42-53(24-29-65(67)119)76(103-3)93(129)105-63(91(127)109-80)39-51-21-26-57(136-70)27-22-51/h21-30,40-48,50,63,72,76-88,90,99-100,103,116,121-126H,6-20,31-39,49H2,1-5H3,(H11-,104,105,106,107,108,109,110,111,117,118,119,120,127,128,129,130,131,132,133,134,135)/p+1/t63-,72-,76+,77-,78-,79+,80+,81+,82-,83-,84-,85-,86+,87+,88+,90+,99-,100+/m1/s1. The number of phenols is 3. The number of carbonyl (C=O) groups excluding carboxylic acids is 8. The second-order valence-electron chi connectivity index (χ2n) is 38.3. The number of aliphatic hydroxyl groups excluding tert-OH is 7. The van der Waals surface area contributed by atoms with E-state index in [0.717, 1.165) is 119 Å². The van der Waals surface area contributed by atoms with Crippen LogP contribution in [0.2, 0.25) is 10.0 Å². The molecular formula is C100H123Cl2N13O28P+. The van der Waals surface area contributed by atoms with Crippen molar-refractivity contribution in [2.24, 2.45) is 5.92 Å². The minimum absolute atomic E-state index is 0.0783. The summed E-state index contributed by atoms with van der Waals surface area (Å²) in [5.74, 6) is -15.9. The van der Waals surface area contributed by atoms with Crippen molar-refractivity contribution >= 4 is 84.4 Å². The van der Waals surface area contributed by atoms with E-state index in [1.54, 1.807) is 14.1 Å². The number of ether oxygens (including phenoxy) is 7. The number of likely N-dealkylation sites (N-methyl/N-ethyl adjacent to an activating group) is 1. The van der Waals surface area contributed by atoms with Crippen LogP contribution in [0.5, 0.6) is 69.0 Å². The van der Waals surface area contributed by atoms with Gasteiger partial charge in [-0.25, -0.2) is 4.79 Å². The van der Waals surface area contributed by atoms with Gasteiger partial charge in [-0.2, -0.15) is 0 Å². The summed E-state index contributed by atoms with van der Waals surface area (Å²) >= 11 is 15.5. The number of unbranched alkanes of at least 4 members (excludes halogenated alkanes) is 5. The molecule has 41 nitrogen and oxygen atoms in total. The minimum Gasteiger partial charge on any atom is -0.508 e. The van der Waals surface area contributed by atoms with E-state index in [1.165, 1.54) is 73.8 Å². The molecule has 0 spiro atoms. The first-order valence-electron chi connectivity index (χ1n) is 48.7. The zero-order valence-electron chi connectivity index (χ0n) is 80.0. The van der Waals surface area contributed by atoms with Crippen molar-refractivity contribution < 1.29 is 137 Å². The van der Waals surface area contributed by atoms with Crippen LogP contribution in [0.4, 0.5) is 0 Å². The SMILES string of the molecule is CN[C@@H]1C(=O)N[C@@H]2Cc3ccc(cc3)Oc3cc4cc(c3O[C@@H]3O[C@H](C(=O)O)[C@@H](O)[C@H](O)[C@H]3NC(=O)CCCCCCCCC(C)C)Oc3ccc(cc3Cl)[C@@H](O)[C@@H]3NC(=O)[C@H](NC(=O)[C@@H]4NC(=O)[C@@H](NC2=O)c2cc(cc(O[P+](N4CCCC4)(N4CCCC4)N4CCCC4)c2Cl)Oc2cc1ccc2O)c1ccc(O)c(c1)-c1c(O[C@H]2O[C@H](CO)[C@@H](O)[C@H](O)[C@@H]2O)cc(O)cc1[C@@H](C(=O)NCCCN(C)C)NC3=O. The van der Waals surface area contributed by atoms with Crippen LogP contribution in [0, 0.1) is 5.92 Å². The van der Waals surface area contributed by atoms with E-state index >= 15 is 33.6 Å². The minimum atomic E-state index is -3.22. The maximum absolute atomic E-state index is 17.4. The molecule has 5 fully saturated rings. The number of aromatic hydroxyl groups is 3. The highest BCUT2D eigenvalue weighted by Gasteiger charge is 2.63. The number of aliphatic carboxylic acids is 1. The van der Waals surface area contributed by atoms with E-state index in [-0.39, 0.29) is 69.7 Å². The number of hydrogen-bond donors (Lipinski definition) is 20. The lowest BCUT2D eigenvalue weighted by atomic mass is 9.89.